The van der Waals surface area contributed by atoms with Crippen LogP contribution in [0.3, 0.4) is 0 Å². The van der Waals surface area contributed by atoms with Gasteiger partial charge in [-0.3, -0.25) is 4.79 Å². The Hall–Kier alpha value is -2.12. The second-order valence-corrected chi connectivity index (χ2v) is 7.64. The Bertz CT molecular complexity index is 922. The van der Waals surface area contributed by atoms with E-state index >= 15 is 0 Å². The molecule has 1 aromatic carbocycles. The summed E-state index contributed by atoms with van der Waals surface area (Å²) in [6.45, 7) is 3.06. The van der Waals surface area contributed by atoms with Crippen molar-refractivity contribution in [2.24, 2.45) is 13.0 Å². The predicted molar refractivity (Wildman–Crippen MR) is 102 cm³/mol. The minimum atomic E-state index is -2.59. The zero-order valence-corrected chi connectivity index (χ0v) is 15.9. The van der Waals surface area contributed by atoms with Gasteiger partial charge in [0.25, 0.3) is 0 Å². The molecule has 6 nitrogen and oxygen atoms in total. The summed E-state index contributed by atoms with van der Waals surface area (Å²) < 4.78 is 31.5. The van der Waals surface area contributed by atoms with E-state index in [1.807, 2.05) is 19.1 Å². The Morgan fingerprint density at radius 1 is 1.27 bits per heavy atom. The monoisotopic (exact) mass is 376 g/mol. The SMILES string of the molecule is Cc1cc(OCC2CC2)c(-c2ccc(=O)n(C)c2)cc1CCN[SH](=O)=O. The maximum atomic E-state index is 11.7. The van der Waals surface area contributed by atoms with Crippen LogP contribution >= 0.6 is 0 Å². The van der Waals surface area contributed by atoms with Gasteiger partial charge in [0.15, 0.2) is 0 Å². The summed E-state index contributed by atoms with van der Waals surface area (Å²) in [6.07, 6.45) is 4.82. The van der Waals surface area contributed by atoms with Crippen molar-refractivity contribution < 1.29 is 13.2 Å². The van der Waals surface area contributed by atoms with Crippen molar-refractivity contribution in [1.29, 1.82) is 0 Å². The maximum Gasteiger partial charge on any atom is 0.250 e. The van der Waals surface area contributed by atoms with Crippen LogP contribution in [0.25, 0.3) is 11.1 Å². The Morgan fingerprint density at radius 3 is 2.69 bits per heavy atom. The van der Waals surface area contributed by atoms with Crippen molar-refractivity contribution in [3.05, 3.63) is 51.9 Å². The van der Waals surface area contributed by atoms with Crippen molar-refractivity contribution in [3.8, 4) is 16.9 Å². The van der Waals surface area contributed by atoms with Crippen molar-refractivity contribution in [1.82, 2.24) is 9.29 Å². The lowest BCUT2D eigenvalue weighted by Gasteiger charge is -2.16. The molecular weight excluding hydrogens is 352 g/mol. The molecule has 1 aromatic heterocycles. The summed E-state index contributed by atoms with van der Waals surface area (Å²) in [4.78, 5) is 11.7. The van der Waals surface area contributed by atoms with Gasteiger partial charge < -0.3 is 9.30 Å². The smallest absolute Gasteiger partial charge is 0.250 e. The van der Waals surface area contributed by atoms with Gasteiger partial charge in [-0.15, -0.1) is 0 Å². The van der Waals surface area contributed by atoms with E-state index < -0.39 is 10.9 Å². The molecule has 0 aliphatic heterocycles. The van der Waals surface area contributed by atoms with E-state index in [4.69, 9.17) is 4.74 Å². The largest absolute Gasteiger partial charge is 0.493 e. The number of nitrogens with one attached hydrogen (secondary N) is 1. The van der Waals surface area contributed by atoms with E-state index in [1.165, 1.54) is 12.8 Å². The van der Waals surface area contributed by atoms with Gasteiger partial charge in [0, 0.05) is 37.0 Å². The number of hydrogen-bond acceptors (Lipinski definition) is 4. The van der Waals surface area contributed by atoms with Crippen LogP contribution in [-0.4, -0.2) is 26.1 Å². The molecule has 2 aromatic rings. The molecular formula is C19H24N2O4S. The number of benzene rings is 1. The molecule has 0 bridgehead atoms. The van der Waals surface area contributed by atoms with Crippen LogP contribution in [0.15, 0.2) is 35.3 Å². The van der Waals surface area contributed by atoms with Crippen molar-refractivity contribution in [3.63, 3.8) is 0 Å². The minimum absolute atomic E-state index is 0.0648. The number of aromatic nitrogens is 1. The summed E-state index contributed by atoms with van der Waals surface area (Å²) in [5.41, 5.74) is 3.88. The van der Waals surface area contributed by atoms with E-state index in [1.54, 1.807) is 29.9 Å². The van der Waals surface area contributed by atoms with E-state index in [9.17, 15) is 13.2 Å². The predicted octanol–water partition coefficient (Wildman–Crippen LogP) is 1.81. The first-order valence-corrected chi connectivity index (χ1v) is 9.93. The van der Waals surface area contributed by atoms with Crippen LogP contribution in [0, 0.1) is 12.8 Å². The average molecular weight is 376 g/mol. The first-order chi connectivity index (χ1) is 12.4. The first kappa shape index (κ1) is 18.7. The zero-order chi connectivity index (χ0) is 18.7. The Kier molecular flexibility index (Phi) is 5.78. The normalized spacial score (nSPS) is 14.0. The standard InChI is InChI=1S/C19H24N2O4S/c1-13-9-18(25-12-14-3-4-14)17(10-15(13)7-8-20-26(23)24)16-5-6-19(22)21(2)11-16/h5-6,9-11,14,26H,3-4,7-8,12H2,1-2H3,(H,20,23,24). The lowest BCUT2D eigenvalue weighted by molar-refractivity contribution is 0.300. The molecule has 1 N–H and O–H groups in total. The fourth-order valence-electron chi connectivity index (χ4n) is 2.87. The van der Waals surface area contributed by atoms with Gasteiger partial charge in [-0.1, -0.05) is 0 Å². The number of pyridine rings is 1. The lowest BCUT2D eigenvalue weighted by atomic mass is 9.97. The summed E-state index contributed by atoms with van der Waals surface area (Å²) in [7, 11) is -0.868. The molecule has 0 radical (unpaired) electrons. The molecule has 0 saturated heterocycles. The number of nitrogens with zero attached hydrogens (tertiary/aromatic N) is 1. The van der Waals surface area contributed by atoms with Crippen LogP contribution in [0.2, 0.25) is 0 Å². The molecule has 1 aliphatic carbocycles. The van der Waals surface area contributed by atoms with Crippen LogP contribution in [0.5, 0.6) is 5.75 Å². The fraction of sp³-hybridized carbons (Fsp3) is 0.421. The van der Waals surface area contributed by atoms with Crippen molar-refractivity contribution in [2.75, 3.05) is 13.2 Å². The first-order valence-electron chi connectivity index (χ1n) is 8.75. The summed E-state index contributed by atoms with van der Waals surface area (Å²) in [6, 6.07) is 7.39. The second kappa shape index (κ2) is 8.05. The van der Waals surface area contributed by atoms with Gasteiger partial charge in [-0.05, 0) is 61.4 Å². The molecule has 1 saturated carbocycles. The summed E-state index contributed by atoms with van der Waals surface area (Å²) in [5.74, 6) is 1.44. The molecule has 7 heteroatoms. The van der Waals surface area contributed by atoms with Crippen LogP contribution < -0.4 is 15.0 Å². The Labute approximate surface area is 154 Å². The minimum Gasteiger partial charge on any atom is -0.493 e. The third-order valence-corrected chi connectivity index (χ3v) is 5.12. The summed E-state index contributed by atoms with van der Waals surface area (Å²) in [5, 5.41) is 0. The lowest BCUT2D eigenvalue weighted by Crippen LogP contribution is -2.16. The number of ether oxygens (including phenoxy) is 1. The number of hydrogen-bond donors (Lipinski definition) is 2. The highest BCUT2D eigenvalue weighted by molar-refractivity contribution is 7.70. The van der Waals surface area contributed by atoms with Crippen molar-refractivity contribution >= 4 is 10.9 Å². The van der Waals surface area contributed by atoms with Crippen LogP contribution in [0.1, 0.15) is 24.0 Å². The van der Waals surface area contributed by atoms with Gasteiger partial charge in [-0.2, -0.15) is 0 Å². The third-order valence-electron chi connectivity index (χ3n) is 4.64. The number of thiol groups is 1. The Morgan fingerprint density at radius 2 is 2.04 bits per heavy atom. The quantitative estimate of drug-likeness (QED) is 0.689. The van der Waals surface area contributed by atoms with Gasteiger partial charge in [0.1, 0.15) is 5.75 Å². The molecule has 0 amide bonds. The van der Waals surface area contributed by atoms with Gasteiger partial charge in [-0.25, -0.2) is 13.1 Å². The molecule has 1 heterocycles. The fourth-order valence-corrected chi connectivity index (χ4v) is 3.16. The molecule has 1 fully saturated rings. The highest BCUT2D eigenvalue weighted by Crippen LogP contribution is 2.35. The molecule has 0 atom stereocenters. The third kappa shape index (κ3) is 4.74. The van der Waals surface area contributed by atoms with Gasteiger partial charge >= 0.3 is 0 Å². The topological polar surface area (TPSA) is 77.4 Å². The van der Waals surface area contributed by atoms with E-state index in [0.29, 0.717) is 25.5 Å². The number of aryl methyl sites for hydroxylation is 2. The Balaban J connectivity index is 1.95. The molecule has 140 valence electrons. The van der Waals surface area contributed by atoms with Gasteiger partial charge in [0.2, 0.25) is 16.4 Å². The molecule has 0 unspecified atom stereocenters. The van der Waals surface area contributed by atoms with Crippen LogP contribution in [-0.2, 0) is 24.4 Å². The van der Waals surface area contributed by atoms with E-state index in [0.717, 1.165) is 28.0 Å². The highest BCUT2D eigenvalue weighted by atomic mass is 32.2. The molecule has 0 spiro atoms. The van der Waals surface area contributed by atoms with Gasteiger partial charge in [0.05, 0.1) is 6.61 Å². The molecule has 26 heavy (non-hydrogen) atoms. The van der Waals surface area contributed by atoms with Crippen molar-refractivity contribution in [2.45, 2.75) is 26.2 Å². The summed E-state index contributed by atoms with van der Waals surface area (Å²) >= 11 is 0. The highest BCUT2D eigenvalue weighted by Gasteiger charge is 2.23. The van der Waals surface area contributed by atoms with E-state index in [-0.39, 0.29) is 5.56 Å². The molecule has 1 aliphatic rings. The van der Waals surface area contributed by atoms with Crippen LogP contribution in [0.4, 0.5) is 0 Å². The van der Waals surface area contributed by atoms with E-state index in [2.05, 4.69) is 4.72 Å². The molecule has 3 rings (SSSR count). The number of rotatable bonds is 8. The maximum absolute atomic E-state index is 11.7. The second-order valence-electron chi connectivity index (χ2n) is 6.81. The zero-order valence-electron chi connectivity index (χ0n) is 15.0. The average Bonchev–Trinajstić information content (AvgIpc) is 3.41.